The van der Waals surface area contributed by atoms with Crippen LogP contribution in [0.15, 0.2) is 34.2 Å². The van der Waals surface area contributed by atoms with E-state index in [4.69, 9.17) is 19.6 Å². The Balaban J connectivity index is 1.72. The van der Waals surface area contributed by atoms with Gasteiger partial charge < -0.3 is 24.5 Å². The Hall–Kier alpha value is -2.63. The molecule has 0 amide bonds. The van der Waals surface area contributed by atoms with Gasteiger partial charge in [-0.25, -0.2) is 9.79 Å². The molecule has 1 atom stereocenters. The number of nitrogens with zero attached hydrogens (tertiary/aromatic N) is 3. The van der Waals surface area contributed by atoms with Crippen molar-refractivity contribution in [3.05, 3.63) is 45.3 Å². The molecule has 2 fully saturated rings. The monoisotopic (exact) mass is 536 g/mol. The summed E-state index contributed by atoms with van der Waals surface area (Å²) in [5, 5.41) is 0.591. The van der Waals surface area contributed by atoms with Crippen LogP contribution in [0.5, 0.6) is 0 Å². The van der Waals surface area contributed by atoms with E-state index in [1.165, 1.54) is 0 Å². The molecule has 200 valence electrons. The second-order valence-corrected chi connectivity index (χ2v) is 11.2. The first-order valence-electron chi connectivity index (χ1n) is 12.6. The van der Waals surface area contributed by atoms with Crippen molar-refractivity contribution in [3.63, 3.8) is 0 Å². The predicted molar refractivity (Wildman–Crippen MR) is 137 cm³/mol. The number of rotatable bonds is 4. The number of hydrogen-bond donors (Lipinski definition) is 1. The number of carbonyl (C=O) groups excluding carboxylic acids is 1. The summed E-state index contributed by atoms with van der Waals surface area (Å²) in [4.78, 5) is 21.9. The molecule has 3 heterocycles. The van der Waals surface area contributed by atoms with E-state index in [2.05, 4.69) is 15.9 Å². The number of carbonyl (C=O) groups is 1. The largest absolute Gasteiger partial charge is 0.492 e. The van der Waals surface area contributed by atoms with E-state index in [1.807, 2.05) is 32.0 Å². The van der Waals surface area contributed by atoms with Crippen LogP contribution in [0, 0.1) is 11.4 Å². The summed E-state index contributed by atoms with van der Waals surface area (Å²) in [5.41, 5.74) is 10.1. The minimum Gasteiger partial charge on any atom is -0.388 e. The maximum Gasteiger partial charge on any atom is 0.492 e. The number of nitrogens with two attached hydrogens (primary N) is 1. The number of morpholine rings is 1. The molecule has 0 saturated carbocycles. The average molecular weight is 537 g/mol. The lowest BCUT2D eigenvalue weighted by Crippen LogP contribution is -2.40. The van der Waals surface area contributed by atoms with Crippen LogP contribution in [-0.2, 0) is 20.1 Å². The zero-order valence-corrected chi connectivity index (χ0v) is 21.8. The Bertz CT molecular complexity index is 1330. The van der Waals surface area contributed by atoms with Gasteiger partial charge in [0.05, 0.1) is 33.7 Å². The molecule has 3 aliphatic heterocycles. The fraction of sp³-hybridized carbons (Fsp3) is 0.500. The molecule has 2 saturated heterocycles. The lowest BCUT2D eigenvalue weighted by Gasteiger charge is -2.33. The lowest BCUT2D eigenvalue weighted by molar-refractivity contribution is -0.188. The summed E-state index contributed by atoms with van der Waals surface area (Å²) in [5.74, 6) is -2.20. The highest BCUT2D eigenvalue weighted by Crippen LogP contribution is 2.45. The van der Waals surface area contributed by atoms with Gasteiger partial charge in [-0.2, -0.15) is 13.2 Å². The molecular formula is C26H31F3N4O3S. The van der Waals surface area contributed by atoms with E-state index in [0.29, 0.717) is 53.2 Å². The Morgan fingerprint density at radius 2 is 1.76 bits per heavy atom. The number of anilines is 2. The van der Waals surface area contributed by atoms with Crippen LogP contribution in [0.4, 0.5) is 30.2 Å². The Labute approximate surface area is 216 Å². The van der Waals surface area contributed by atoms with Gasteiger partial charge in [0.2, 0.25) is 0 Å². The maximum atomic E-state index is 13.4. The zero-order valence-electron chi connectivity index (χ0n) is 20.9. The number of benzene rings is 2. The molecule has 0 bridgehead atoms. The van der Waals surface area contributed by atoms with Gasteiger partial charge in [0.1, 0.15) is 0 Å². The summed E-state index contributed by atoms with van der Waals surface area (Å²) in [7, 11) is -1.60. The predicted octanol–water partition coefficient (Wildman–Crippen LogP) is 4.19. The minimum atomic E-state index is -5.10. The molecule has 37 heavy (non-hydrogen) atoms. The van der Waals surface area contributed by atoms with Crippen molar-refractivity contribution >= 4 is 33.8 Å². The number of halogens is 3. The molecule has 7 nitrogen and oxygen atoms in total. The Morgan fingerprint density at radius 1 is 1.11 bits per heavy atom. The zero-order chi connectivity index (χ0) is 26.3. The molecule has 0 aromatic heterocycles. The van der Waals surface area contributed by atoms with Crippen molar-refractivity contribution < 1.29 is 26.9 Å². The van der Waals surface area contributed by atoms with E-state index in [-0.39, 0.29) is 6.04 Å². The highest BCUT2D eigenvalue weighted by atomic mass is 32.2. The minimum absolute atomic E-state index is 0.144. The molecule has 0 aliphatic carbocycles. The quantitative estimate of drug-likeness (QED) is 0.591. The standard InChI is InChI=1S/C26H31F3N4O3S/c1-3-17-13-20(32-6-4-18(30)5-7-32)15-22-24(17)31-23-16(2)12-19(33-8-10-35-11-9-33)14-21(23)37(22)36-25(34)26(27,28)29/h12-15,18H,3-11,30H2,1-2H3. The summed E-state index contributed by atoms with van der Waals surface area (Å²) in [6.07, 6.45) is -2.80. The molecule has 3 aliphatic rings. The average Bonchev–Trinajstić information content (AvgIpc) is 2.88. The van der Waals surface area contributed by atoms with Crippen LogP contribution in [0.25, 0.3) is 0 Å². The number of alkyl halides is 3. The number of ether oxygens (including phenoxy) is 1. The van der Waals surface area contributed by atoms with Gasteiger partial charge in [-0.3, -0.25) is 0 Å². The van der Waals surface area contributed by atoms with Crippen molar-refractivity contribution in [2.24, 2.45) is 10.7 Å². The number of piperidine rings is 1. The fourth-order valence-corrected chi connectivity index (χ4v) is 6.84. The van der Waals surface area contributed by atoms with Crippen LogP contribution >= 0.6 is 10.8 Å². The topological polar surface area (TPSA) is 80.4 Å². The van der Waals surface area contributed by atoms with Crippen LogP contribution in [-0.4, -0.2) is 57.6 Å². The molecule has 2 aromatic rings. The second-order valence-electron chi connectivity index (χ2n) is 9.59. The third-order valence-corrected chi connectivity index (χ3v) is 8.80. The van der Waals surface area contributed by atoms with Crippen molar-refractivity contribution in [1.29, 1.82) is 0 Å². The SMILES string of the molecule is CCc1cc(N2CCC(N)CC2)cc2c1=Nc1c(C)cc(N3CCOCC3)cc1S=2OC(=O)C(F)(F)F. The van der Waals surface area contributed by atoms with Crippen LogP contribution in [0.3, 0.4) is 0 Å². The van der Waals surface area contributed by atoms with Gasteiger partial charge in [0, 0.05) is 54.4 Å². The fourth-order valence-electron chi connectivity index (χ4n) is 4.99. The van der Waals surface area contributed by atoms with Gasteiger partial charge in [-0.1, -0.05) is 6.92 Å². The first-order chi connectivity index (χ1) is 17.7. The van der Waals surface area contributed by atoms with Crippen molar-refractivity contribution in [2.75, 3.05) is 49.2 Å². The van der Waals surface area contributed by atoms with E-state index in [1.54, 1.807) is 0 Å². The molecule has 1 unspecified atom stereocenters. The van der Waals surface area contributed by atoms with Gasteiger partial charge in [0.25, 0.3) is 0 Å². The van der Waals surface area contributed by atoms with Gasteiger partial charge in [0.15, 0.2) is 0 Å². The summed E-state index contributed by atoms with van der Waals surface area (Å²) in [6.45, 7) is 7.88. The molecule has 11 heteroatoms. The van der Waals surface area contributed by atoms with Gasteiger partial charge in [-0.05, 0) is 61.6 Å². The van der Waals surface area contributed by atoms with E-state index in [9.17, 15) is 18.0 Å². The molecule has 0 spiro atoms. The Morgan fingerprint density at radius 3 is 2.41 bits per heavy atom. The van der Waals surface area contributed by atoms with Crippen LogP contribution in [0.2, 0.25) is 0 Å². The number of fused-ring (bicyclic) bond motifs is 2. The van der Waals surface area contributed by atoms with Crippen molar-refractivity contribution in [3.8, 4) is 0 Å². The summed E-state index contributed by atoms with van der Waals surface area (Å²) < 4.78 is 51.5. The first-order valence-corrected chi connectivity index (χ1v) is 13.7. The van der Waals surface area contributed by atoms with Gasteiger partial charge in [-0.15, -0.1) is 0 Å². The molecule has 0 radical (unpaired) electrons. The molecule has 5 rings (SSSR count). The lowest BCUT2D eigenvalue weighted by atomic mass is 10.0. The van der Waals surface area contributed by atoms with E-state index in [0.717, 1.165) is 48.4 Å². The van der Waals surface area contributed by atoms with Crippen LogP contribution < -0.4 is 20.9 Å². The first kappa shape index (κ1) is 26.0. The highest BCUT2D eigenvalue weighted by Gasteiger charge is 2.42. The Kier molecular flexibility index (Phi) is 7.21. The van der Waals surface area contributed by atoms with E-state index >= 15 is 0 Å². The second kappa shape index (κ2) is 10.3. The van der Waals surface area contributed by atoms with Crippen molar-refractivity contribution in [2.45, 2.75) is 50.2 Å². The van der Waals surface area contributed by atoms with E-state index < -0.39 is 22.9 Å². The summed E-state index contributed by atoms with van der Waals surface area (Å²) in [6, 6.07) is 7.86. The maximum absolute atomic E-state index is 13.4. The van der Waals surface area contributed by atoms with Crippen molar-refractivity contribution in [1.82, 2.24) is 0 Å². The normalized spacial score (nSPS) is 20.2. The van der Waals surface area contributed by atoms with Gasteiger partial charge >= 0.3 is 12.1 Å². The smallest absolute Gasteiger partial charge is 0.388 e. The third-order valence-electron chi connectivity index (χ3n) is 7.06. The highest BCUT2D eigenvalue weighted by molar-refractivity contribution is 8.05. The van der Waals surface area contributed by atoms with Crippen LogP contribution in [0.1, 0.15) is 30.9 Å². The number of hydrogen-bond acceptors (Lipinski definition) is 7. The molecule has 2 aromatic carbocycles. The number of aryl methyl sites for hydroxylation is 2. The third kappa shape index (κ3) is 5.21. The molecule has 2 N–H and O–H groups in total. The summed E-state index contributed by atoms with van der Waals surface area (Å²) >= 11 is 0. The molecular weight excluding hydrogens is 505 g/mol.